The molecule has 2 N–H and O–H groups in total. The Hall–Kier alpha value is -2.15. The number of fused-ring (bicyclic) bond motifs is 1. The minimum absolute atomic E-state index is 0.0180. The van der Waals surface area contributed by atoms with Gasteiger partial charge in [-0.2, -0.15) is 0 Å². The van der Waals surface area contributed by atoms with E-state index in [0.29, 0.717) is 17.3 Å². The fraction of sp³-hybridized carbons (Fsp3) is 0.444. The molecular weight excluding hydrogens is 340 g/mol. The number of hydrogen-bond acceptors (Lipinski definition) is 4. The number of nitrogens with one attached hydrogen (secondary N) is 2. The Morgan fingerprint density at radius 2 is 2.16 bits per heavy atom. The third kappa shape index (κ3) is 3.92. The summed E-state index contributed by atoms with van der Waals surface area (Å²) in [5, 5.41) is 3.15. The maximum Gasteiger partial charge on any atom is 0.257 e. The fourth-order valence-corrected chi connectivity index (χ4v) is 4.82. The normalized spacial score (nSPS) is 19.2. The molecule has 134 valence electrons. The molecule has 0 radical (unpaired) electrons. The second kappa shape index (κ2) is 7.00. The van der Waals surface area contributed by atoms with E-state index in [1.165, 1.54) is 6.20 Å². The molecule has 2 aromatic rings. The van der Waals surface area contributed by atoms with E-state index < -0.39 is 21.8 Å². The van der Waals surface area contributed by atoms with Crippen LogP contribution in [0.4, 0.5) is 0 Å². The fourth-order valence-electron chi connectivity index (χ4n) is 3.14. The SMILES string of the molecule is CCCCc1ccc2[nH]cc(C(=O)N[C@@H]3CCS(=O)(=O)C3)c(=O)c2c1. The van der Waals surface area contributed by atoms with E-state index in [-0.39, 0.29) is 22.5 Å². The van der Waals surface area contributed by atoms with Crippen molar-refractivity contribution in [3.05, 3.63) is 45.7 Å². The van der Waals surface area contributed by atoms with Gasteiger partial charge in [-0.1, -0.05) is 19.4 Å². The van der Waals surface area contributed by atoms with Crippen LogP contribution in [-0.4, -0.2) is 36.9 Å². The first-order chi connectivity index (χ1) is 11.9. The molecule has 0 bridgehead atoms. The molecule has 0 aliphatic carbocycles. The van der Waals surface area contributed by atoms with Crippen LogP contribution in [0.5, 0.6) is 0 Å². The highest BCUT2D eigenvalue weighted by molar-refractivity contribution is 7.91. The van der Waals surface area contributed by atoms with E-state index in [4.69, 9.17) is 0 Å². The predicted molar refractivity (Wildman–Crippen MR) is 97.7 cm³/mol. The van der Waals surface area contributed by atoms with Gasteiger partial charge in [0.25, 0.3) is 5.91 Å². The monoisotopic (exact) mass is 362 g/mol. The predicted octanol–water partition coefficient (Wildman–Crippen LogP) is 1.79. The van der Waals surface area contributed by atoms with Crippen LogP contribution in [0.25, 0.3) is 10.9 Å². The molecule has 1 fully saturated rings. The van der Waals surface area contributed by atoms with Crippen LogP contribution in [0.2, 0.25) is 0 Å². The van der Waals surface area contributed by atoms with Gasteiger partial charge in [-0.05, 0) is 37.0 Å². The van der Waals surface area contributed by atoms with Gasteiger partial charge in [0.05, 0.1) is 11.5 Å². The number of rotatable bonds is 5. The number of aromatic amines is 1. The van der Waals surface area contributed by atoms with Gasteiger partial charge in [-0.3, -0.25) is 9.59 Å². The summed E-state index contributed by atoms with van der Waals surface area (Å²) in [4.78, 5) is 28.1. The van der Waals surface area contributed by atoms with Crippen molar-refractivity contribution in [3.8, 4) is 0 Å². The molecular formula is C18H22N2O4S. The lowest BCUT2D eigenvalue weighted by atomic mass is 10.0. The van der Waals surface area contributed by atoms with Crippen molar-refractivity contribution in [2.75, 3.05) is 11.5 Å². The minimum Gasteiger partial charge on any atom is -0.360 e. The molecule has 3 rings (SSSR count). The van der Waals surface area contributed by atoms with Crippen molar-refractivity contribution in [2.45, 2.75) is 38.6 Å². The molecule has 1 atom stereocenters. The third-order valence-corrected chi connectivity index (χ3v) is 6.34. The molecule has 1 aliphatic rings. The van der Waals surface area contributed by atoms with E-state index in [0.717, 1.165) is 24.8 Å². The maximum absolute atomic E-state index is 12.7. The van der Waals surface area contributed by atoms with Crippen LogP contribution >= 0.6 is 0 Å². The number of unbranched alkanes of at least 4 members (excludes halogenated alkanes) is 1. The van der Waals surface area contributed by atoms with Gasteiger partial charge < -0.3 is 10.3 Å². The van der Waals surface area contributed by atoms with Gasteiger partial charge >= 0.3 is 0 Å². The standard InChI is InChI=1S/C18H22N2O4S/c1-2-3-4-12-5-6-16-14(9-12)17(21)15(10-19-16)18(22)20-13-7-8-25(23,24)11-13/h5-6,9-10,13H,2-4,7-8,11H2,1H3,(H,19,21)(H,20,22)/t13-/m1/s1. The summed E-state index contributed by atoms with van der Waals surface area (Å²) in [5.74, 6) is -0.512. The number of amides is 1. The minimum atomic E-state index is -3.08. The number of aryl methyl sites for hydroxylation is 1. The number of benzene rings is 1. The number of H-pyrrole nitrogens is 1. The van der Waals surface area contributed by atoms with Crippen LogP contribution in [0.3, 0.4) is 0 Å². The number of carbonyl (C=O) groups is 1. The Balaban J connectivity index is 1.87. The number of sulfone groups is 1. The van der Waals surface area contributed by atoms with Crippen molar-refractivity contribution in [1.82, 2.24) is 10.3 Å². The Morgan fingerprint density at radius 3 is 2.84 bits per heavy atom. The molecule has 2 heterocycles. The highest BCUT2D eigenvalue weighted by Gasteiger charge is 2.29. The summed E-state index contributed by atoms with van der Waals surface area (Å²) >= 11 is 0. The van der Waals surface area contributed by atoms with Crippen LogP contribution in [0.1, 0.15) is 42.1 Å². The summed E-state index contributed by atoms with van der Waals surface area (Å²) in [6, 6.07) is 5.24. The lowest BCUT2D eigenvalue weighted by Crippen LogP contribution is -2.38. The van der Waals surface area contributed by atoms with E-state index >= 15 is 0 Å². The van der Waals surface area contributed by atoms with E-state index in [9.17, 15) is 18.0 Å². The number of pyridine rings is 1. The maximum atomic E-state index is 12.7. The van der Waals surface area contributed by atoms with Crippen molar-refractivity contribution in [3.63, 3.8) is 0 Å². The van der Waals surface area contributed by atoms with Crippen LogP contribution in [0.15, 0.2) is 29.2 Å². The zero-order chi connectivity index (χ0) is 18.0. The van der Waals surface area contributed by atoms with Crippen LogP contribution < -0.4 is 10.7 Å². The van der Waals surface area contributed by atoms with Crippen molar-refractivity contribution in [1.29, 1.82) is 0 Å². The molecule has 25 heavy (non-hydrogen) atoms. The highest BCUT2D eigenvalue weighted by Crippen LogP contribution is 2.15. The molecule has 0 unspecified atom stereocenters. The zero-order valence-corrected chi connectivity index (χ0v) is 15.0. The molecule has 0 spiro atoms. The first-order valence-electron chi connectivity index (χ1n) is 8.55. The van der Waals surface area contributed by atoms with E-state index in [2.05, 4.69) is 17.2 Å². The average Bonchev–Trinajstić information content (AvgIpc) is 2.92. The second-order valence-corrected chi connectivity index (χ2v) is 8.82. The molecule has 7 heteroatoms. The smallest absolute Gasteiger partial charge is 0.257 e. The van der Waals surface area contributed by atoms with Gasteiger partial charge in [0.15, 0.2) is 9.84 Å². The Kier molecular flexibility index (Phi) is 4.94. The number of carbonyl (C=O) groups excluding carboxylic acids is 1. The Bertz CT molecular complexity index is 963. The molecule has 1 aromatic heterocycles. The number of aromatic nitrogens is 1. The quantitative estimate of drug-likeness (QED) is 0.847. The van der Waals surface area contributed by atoms with Gasteiger partial charge in [-0.15, -0.1) is 0 Å². The Morgan fingerprint density at radius 1 is 1.36 bits per heavy atom. The lowest BCUT2D eigenvalue weighted by Gasteiger charge is -2.11. The van der Waals surface area contributed by atoms with Crippen LogP contribution in [-0.2, 0) is 16.3 Å². The lowest BCUT2D eigenvalue weighted by molar-refractivity contribution is 0.0940. The van der Waals surface area contributed by atoms with Gasteiger partial charge in [0, 0.05) is 23.1 Å². The summed E-state index contributed by atoms with van der Waals surface area (Å²) in [6.45, 7) is 2.11. The molecule has 1 aliphatic heterocycles. The molecule has 1 aromatic carbocycles. The first kappa shape index (κ1) is 17.7. The van der Waals surface area contributed by atoms with Gasteiger partial charge in [0.1, 0.15) is 5.56 Å². The van der Waals surface area contributed by atoms with Crippen molar-refractivity contribution in [2.24, 2.45) is 0 Å². The van der Waals surface area contributed by atoms with Gasteiger partial charge in [-0.25, -0.2) is 8.42 Å². The topological polar surface area (TPSA) is 96.1 Å². The molecule has 0 saturated carbocycles. The van der Waals surface area contributed by atoms with E-state index in [1.807, 2.05) is 18.2 Å². The van der Waals surface area contributed by atoms with Crippen molar-refractivity contribution < 1.29 is 13.2 Å². The summed E-state index contributed by atoms with van der Waals surface area (Å²) in [7, 11) is -3.08. The summed E-state index contributed by atoms with van der Waals surface area (Å²) in [5.41, 5.74) is 1.44. The summed E-state index contributed by atoms with van der Waals surface area (Å²) in [6.07, 6.45) is 4.79. The molecule has 1 amide bonds. The zero-order valence-electron chi connectivity index (χ0n) is 14.2. The third-order valence-electron chi connectivity index (χ3n) is 4.58. The summed E-state index contributed by atoms with van der Waals surface area (Å²) < 4.78 is 23.0. The Labute approximate surface area is 146 Å². The molecule has 6 nitrogen and oxygen atoms in total. The molecule has 1 saturated heterocycles. The highest BCUT2D eigenvalue weighted by atomic mass is 32.2. The number of hydrogen-bond donors (Lipinski definition) is 2. The second-order valence-electron chi connectivity index (χ2n) is 6.59. The van der Waals surface area contributed by atoms with Gasteiger partial charge in [0.2, 0.25) is 5.43 Å². The van der Waals surface area contributed by atoms with Crippen molar-refractivity contribution >= 4 is 26.6 Å². The van der Waals surface area contributed by atoms with E-state index in [1.54, 1.807) is 0 Å². The average molecular weight is 362 g/mol. The largest absolute Gasteiger partial charge is 0.360 e. The first-order valence-corrected chi connectivity index (χ1v) is 10.4. The van der Waals surface area contributed by atoms with Crippen LogP contribution in [0, 0.1) is 0 Å².